The largest absolute Gasteiger partial charge is 0.452 e. The molecule has 0 bridgehead atoms. The summed E-state index contributed by atoms with van der Waals surface area (Å²) in [5.74, 6) is -1.18. The maximum absolute atomic E-state index is 12.1. The van der Waals surface area contributed by atoms with Crippen molar-refractivity contribution in [2.45, 2.75) is 6.92 Å². The minimum atomic E-state index is -0.701. The minimum Gasteiger partial charge on any atom is -0.452 e. The summed E-state index contributed by atoms with van der Waals surface area (Å²) >= 11 is 6.02. The molecule has 0 saturated carbocycles. The lowest BCUT2D eigenvalue weighted by atomic mass is 10.3. The van der Waals surface area contributed by atoms with Crippen molar-refractivity contribution in [3.63, 3.8) is 0 Å². The van der Waals surface area contributed by atoms with E-state index in [0.29, 0.717) is 17.1 Å². The number of nitrogens with zero attached hydrogens (tertiary/aromatic N) is 4. The van der Waals surface area contributed by atoms with Crippen LogP contribution < -0.4 is 5.32 Å². The number of benzene rings is 2. The van der Waals surface area contributed by atoms with E-state index in [0.717, 1.165) is 5.69 Å². The van der Waals surface area contributed by atoms with Crippen LogP contribution in [0.4, 0.5) is 17.1 Å². The second-order valence-corrected chi connectivity index (χ2v) is 6.44. The quantitative estimate of drug-likeness (QED) is 0.473. The summed E-state index contributed by atoms with van der Waals surface area (Å²) in [4.78, 5) is 24.2. The Kier molecular flexibility index (Phi) is 6.36. The molecule has 3 rings (SSSR count). The second kappa shape index (κ2) is 9.11. The maximum atomic E-state index is 12.1. The minimum absolute atomic E-state index is 0.148. The number of halogens is 1. The molecule has 0 aliphatic carbocycles. The van der Waals surface area contributed by atoms with Gasteiger partial charge in [-0.3, -0.25) is 9.48 Å². The van der Waals surface area contributed by atoms with Crippen LogP contribution >= 0.6 is 11.6 Å². The van der Waals surface area contributed by atoms with Crippen LogP contribution in [0.15, 0.2) is 64.8 Å². The van der Waals surface area contributed by atoms with Crippen molar-refractivity contribution in [2.75, 3.05) is 11.9 Å². The molecule has 0 atom stereocenters. The first-order chi connectivity index (χ1) is 13.9. The number of nitrogens with one attached hydrogen (secondary N) is 1. The molecule has 0 spiro atoms. The zero-order valence-corrected chi connectivity index (χ0v) is 16.6. The second-order valence-electron chi connectivity index (χ2n) is 6.08. The lowest BCUT2D eigenvalue weighted by Gasteiger charge is -2.07. The number of aryl methyl sites for hydroxylation is 2. The molecule has 0 aliphatic rings. The van der Waals surface area contributed by atoms with E-state index in [1.165, 1.54) is 4.68 Å². The van der Waals surface area contributed by atoms with Gasteiger partial charge in [0.25, 0.3) is 5.91 Å². The Balaban J connectivity index is 1.53. The van der Waals surface area contributed by atoms with E-state index in [4.69, 9.17) is 16.3 Å². The number of aromatic nitrogens is 2. The summed E-state index contributed by atoms with van der Waals surface area (Å²) in [5.41, 5.74) is 2.51. The zero-order chi connectivity index (χ0) is 20.8. The number of azo groups is 1. The molecule has 1 N–H and O–H groups in total. The van der Waals surface area contributed by atoms with Crippen molar-refractivity contribution in [3.8, 4) is 0 Å². The summed E-state index contributed by atoms with van der Waals surface area (Å²) < 4.78 is 6.39. The highest BCUT2D eigenvalue weighted by Gasteiger charge is 2.21. The number of hydrogen-bond acceptors (Lipinski definition) is 6. The molecule has 0 aliphatic heterocycles. The number of hydrogen-bond donors (Lipinski definition) is 1. The highest BCUT2D eigenvalue weighted by molar-refractivity contribution is 6.32. The third-order valence-corrected chi connectivity index (χ3v) is 4.31. The Labute approximate surface area is 172 Å². The SMILES string of the molecule is Cc1nn(C)c(Cl)c1C(=O)OCC(=O)Nc1ccc(N=Nc2ccccc2)cc1. The van der Waals surface area contributed by atoms with Crippen molar-refractivity contribution in [2.24, 2.45) is 17.3 Å². The van der Waals surface area contributed by atoms with Gasteiger partial charge in [-0.1, -0.05) is 29.8 Å². The summed E-state index contributed by atoms with van der Waals surface area (Å²) in [6.07, 6.45) is 0. The average Bonchev–Trinajstić information content (AvgIpc) is 2.98. The van der Waals surface area contributed by atoms with Gasteiger partial charge in [-0.05, 0) is 43.3 Å². The van der Waals surface area contributed by atoms with Crippen LogP contribution in [-0.2, 0) is 16.6 Å². The number of esters is 1. The van der Waals surface area contributed by atoms with Gasteiger partial charge in [0.1, 0.15) is 10.7 Å². The molecule has 0 radical (unpaired) electrons. The number of rotatable bonds is 6. The Morgan fingerprint density at radius 1 is 1.07 bits per heavy atom. The predicted octanol–water partition coefficient (Wildman–Crippen LogP) is 4.59. The van der Waals surface area contributed by atoms with Gasteiger partial charge in [-0.2, -0.15) is 15.3 Å². The fourth-order valence-corrected chi connectivity index (χ4v) is 2.74. The molecule has 0 saturated heterocycles. The van der Waals surface area contributed by atoms with Crippen LogP contribution in [-0.4, -0.2) is 28.3 Å². The van der Waals surface area contributed by atoms with Crippen LogP contribution in [0, 0.1) is 6.92 Å². The molecule has 2 aromatic carbocycles. The summed E-state index contributed by atoms with van der Waals surface area (Å²) in [6.45, 7) is 1.19. The Hall–Kier alpha value is -3.52. The Morgan fingerprint density at radius 3 is 2.28 bits per heavy atom. The molecule has 9 heteroatoms. The van der Waals surface area contributed by atoms with Crippen molar-refractivity contribution in [3.05, 3.63) is 71.0 Å². The van der Waals surface area contributed by atoms with Crippen molar-refractivity contribution < 1.29 is 14.3 Å². The van der Waals surface area contributed by atoms with Crippen LogP contribution in [0.5, 0.6) is 0 Å². The summed E-state index contributed by atoms with van der Waals surface area (Å²) in [6, 6.07) is 16.1. The Bertz CT molecular complexity index is 1050. The van der Waals surface area contributed by atoms with Gasteiger partial charge in [0.15, 0.2) is 6.61 Å². The van der Waals surface area contributed by atoms with E-state index in [9.17, 15) is 9.59 Å². The summed E-state index contributed by atoms with van der Waals surface area (Å²) in [5, 5.41) is 15.1. The summed E-state index contributed by atoms with van der Waals surface area (Å²) in [7, 11) is 1.61. The van der Waals surface area contributed by atoms with Gasteiger partial charge < -0.3 is 10.1 Å². The lowest BCUT2D eigenvalue weighted by molar-refractivity contribution is -0.119. The van der Waals surface area contributed by atoms with E-state index < -0.39 is 18.5 Å². The first-order valence-corrected chi connectivity index (χ1v) is 9.05. The molecule has 148 valence electrons. The monoisotopic (exact) mass is 411 g/mol. The molecule has 3 aromatic rings. The zero-order valence-electron chi connectivity index (χ0n) is 15.8. The van der Waals surface area contributed by atoms with E-state index in [-0.39, 0.29) is 10.7 Å². The fraction of sp³-hybridized carbons (Fsp3) is 0.150. The highest BCUT2D eigenvalue weighted by Crippen LogP contribution is 2.21. The molecule has 0 unspecified atom stereocenters. The molecular formula is C20H18ClN5O3. The van der Waals surface area contributed by atoms with Crippen LogP contribution in [0.1, 0.15) is 16.1 Å². The molecule has 0 fully saturated rings. The molecule has 1 heterocycles. The third-order valence-electron chi connectivity index (χ3n) is 3.88. The van der Waals surface area contributed by atoms with Gasteiger partial charge in [-0.25, -0.2) is 4.79 Å². The first-order valence-electron chi connectivity index (χ1n) is 8.67. The smallest absolute Gasteiger partial charge is 0.343 e. The average molecular weight is 412 g/mol. The van der Waals surface area contributed by atoms with E-state index in [1.807, 2.05) is 30.3 Å². The van der Waals surface area contributed by atoms with Crippen LogP contribution in [0.25, 0.3) is 0 Å². The van der Waals surface area contributed by atoms with Gasteiger partial charge in [0.05, 0.1) is 17.1 Å². The number of carbonyl (C=O) groups excluding carboxylic acids is 2. The number of anilines is 1. The molecular weight excluding hydrogens is 394 g/mol. The van der Waals surface area contributed by atoms with Gasteiger partial charge in [0.2, 0.25) is 0 Å². The number of ether oxygens (including phenoxy) is 1. The fourth-order valence-electron chi connectivity index (χ4n) is 2.48. The third kappa shape index (κ3) is 5.26. The Morgan fingerprint density at radius 2 is 1.69 bits per heavy atom. The normalized spacial score (nSPS) is 10.9. The van der Waals surface area contributed by atoms with Crippen molar-refractivity contribution in [1.82, 2.24) is 9.78 Å². The number of amides is 1. The van der Waals surface area contributed by atoms with Crippen molar-refractivity contribution >= 4 is 40.5 Å². The van der Waals surface area contributed by atoms with Crippen molar-refractivity contribution in [1.29, 1.82) is 0 Å². The van der Waals surface area contributed by atoms with Gasteiger partial charge in [0, 0.05) is 12.7 Å². The van der Waals surface area contributed by atoms with E-state index in [2.05, 4.69) is 20.6 Å². The topological polar surface area (TPSA) is 97.9 Å². The lowest BCUT2D eigenvalue weighted by Crippen LogP contribution is -2.21. The van der Waals surface area contributed by atoms with E-state index >= 15 is 0 Å². The predicted molar refractivity (Wildman–Crippen MR) is 109 cm³/mol. The molecule has 29 heavy (non-hydrogen) atoms. The molecule has 1 aromatic heterocycles. The number of carbonyl (C=O) groups is 2. The van der Waals surface area contributed by atoms with Crippen LogP contribution in [0.3, 0.4) is 0 Å². The standard InChI is InChI=1S/C20H18ClN5O3/c1-13-18(19(21)26(2)25-13)20(28)29-12-17(27)22-14-8-10-16(11-9-14)24-23-15-6-4-3-5-7-15/h3-11H,12H2,1-2H3,(H,22,27). The first kappa shape index (κ1) is 20.2. The van der Waals surface area contributed by atoms with E-state index in [1.54, 1.807) is 38.2 Å². The highest BCUT2D eigenvalue weighted by atomic mass is 35.5. The van der Waals surface area contributed by atoms with Gasteiger partial charge in [-0.15, -0.1) is 0 Å². The maximum Gasteiger partial charge on any atom is 0.343 e. The molecule has 1 amide bonds. The van der Waals surface area contributed by atoms with Gasteiger partial charge >= 0.3 is 5.97 Å². The van der Waals surface area contributed by atoms with Crippen LogP contribution in [0.2, 0.25) is 5.15 Å². The molecule has 8 nitrogen and oxygen atoms in total.